The van der Waals surface area contributed by atoms with E-state index < -0.39 is 0 Å². The third-order valence-electron chi connectivity index (χ3n) is 2.56. The Balaban J connectivity index is 2.44. The Kier molecular flexibility index (Phi) is 4.17. The molecule has 0 spiro atoms. The fourth-order valence-electron chi connectivity index (χ4n) is 1.65. The number of hydrogen-bond donors (Lipinski definition) is 4. The number of rotatable bonds is 3. The van der Waals surface area contributed by atoms with Gasteiger partial charge in [-0.15, -0.1) is 0 Å². The van der Waals surface area contributed by atoms with Gasteiger partial charge in [-0.3, -0.25) is 5.43 Å². The minimum absolute atomic E-state index is 0.0556. The molecule has 0 unspecified atom stereocenters. The number of hydrogen-bond acceptors (Lipinski definition) is 4. The topological polar surface area (TPSA) is 90.9 Å². The van der Waals surface area contributed by atoms with Crippen molar-refractivity contribution in [3.05, 3.63) is 59.7 Å². The first-order valence-electron chi connectivity index (χ1n) is 5.78. The molecule has 0 aliphatic carbocycles. The highest BCUT2D eigenvalue weighted by atomic mass is 32.1. The van der Waals surface area contributed by atoms with Crippen LogP contribution in [-0.2, 0) is 0 Å². The van der Waals surface area contributed by atoms with Crippen molar-refractivity contribution in [3.63, 3.8) is 0 Å². The maximum Gasteiger partial charge on any atom is 0.184 e. The quantitative estimate of drug-likeness (QED) is 0.392. The Hall–Kier alpha value is -2.60. The van der Waals surface area contributed by atoms with E-state index in [4.69, 9.17) is 18.0 Å². The van der Waals surface area contributed by atoms with Gasteiger partial charge >= 0.3 is 0 Å². The molecule has 0 radical (unpaired) electrons. The minimum atomic E-state index is 0.0556. The zero-order valence-electron chi connectivity index (χ0n) is 10.4. The molecule has 2 aromatic carbocycles. The predicted molar refractivity (Wildman–Crippen MR) is 81.8 cm³/mol. The molecule has 0 aliphatic rings. The maximum atomic E-state index is 9.33. The van der Waals surface area contributed by atoms with Gasteiger partial charge in [-0.05, 0) is 60.7 Å². The number of nitrogens with two attached hydrogens (primary N) is 1. The summed E-state index contributed by atoms with van der Waals surface area (Å²) in [7, 11) is 0. The lowest BCUT2D eigenvalue weighted by Crippen LogP contribution is -2.26. The molecule has 0 aromatic heterocycles. The smallest absolute Gasteiger partial charge is 0.184 e. The summed E-state index contributed by atoms with van der Waals surface area (Å²) in [6, 6.07) is 13.1. The molecule has 6 heteroatoms. The summed E-state index contributed by atoms with van der Waals surface area (Å²) in [5.74, 6) is 0.335. The van der Waals surface area contributed by atoms with E-state index in [9.17, 15) is 10.2 Å². The molecule has 0 saturated heterocycles. The molecule has 0 fully saturated rings. The Morgan fingerprint density at radius 1 is 0.900 bits per heavy atom. The zero-order valence-corrected chi connectivity index (χ0v) is 11.3. The fourth-order valence-corrected chi connectivity index (χ4v) is 1.69. The van der Waals surface area contributed by atoms with Gasteiger partial charge in [0.05, 0.1) is 5.71 Å². The number of nitrogens with zero attached hydrogens (tertiary/aromatic N) is 1. The van der Waals surface area contributed by atoms with Gasteiger partial charge in [-0.1, -0.05) is 0 Å². The highest BCUT2D eigenvalue weighted by Gasteiger charge is 2.08. The Morgan fingerprint density at radius 2 is 1.30 bits per heavy atom. The number of thiocarbonyl (C=S) groups is 1. The van der Waals surface area contributed by atoms with Gasteiger partial charge in [0.25, 0.3) is 0 Å². The number of phenols is 2. The number of aromatic hydroxyl groups is 2. The van der Waals surface area contributed by atoms with Crippen LogP contribution in [0.15, 0.2) is 53.6 Å². The van der Waals surface area contributed by atoms with Gasteiger partial charge in [0, 0.05) is 11.1 Å². The van der Waals surface area contributed by atoms with Crippen LogP contribution < -0.4 is 11.2 Å². The van der Waals surface area contributed by atoms with Crippen molar-refractivity contribution in [2.75, 3.05) is 0 Å². The lowest BCUT2D eigenvalue weighted by molar-refractivity contribution is 0.475. The largest absolute Gasteiger partial charge is 0.508 e. The van der Waals surface area contributed by atoms with Gasteiger partial charge in [-0.2, -0.15) is 5.10 Å². The maximum absolute atomic E-state index is 9.33. The Morgan fingerprint density at radius 3 is 1.65 bits per heavy atom. The summed E-state index contributed by atoms with van der Waals surface area (Å²) in [5.41, 5.74) is 10.1. The standard InChI is InChI=1S/C14H13N3O2S/c15-14(20)17-16-13(9-1-5-11(18)6-2-9)10-3-7-12(19)8-4-10/h1-8,18-19H,(H3,15,17,20). The van der Waals surface area contributed by atoms with Gasteiger partial charge in [0.1, 0.15) is 11.5 Å². The van der Waals surface area contributed by atoms with E-state index in [1.54, 1.807) is 48.5 Å². The van der Waals surface area contributed by atoms with Crippen LogP contribution in [0.2, 0.25) is 0 Å². The molecule has 0 heterocycles. The minimum Gasteiger partial charge on any atom is -0.508 e. The average Bonchev–Trinajstić information content (AvgIpc) is 2.42. The Labute approximate surface area is 121 Å². The molecule has 0 amide bonds. The lowest BCUT2D eigenvalue weighted by Gasteiger charge is -2.08. The monoisotopic (exact) mass is 287 g/mol. The molecule has 0 saturated carbocycles. The van der Waals surface area contributed by atoms with Crippen LogP contribution in [0.3, 0.4) is 0 Å². The molecule has 102 valence electrons. The van der Waals surface area contributed by atoms with Crippen molar-refractivity contribution in [1.29, 1.82) is 0 Å². The molecule has 2 rings (SSSR count). The van der Waals surface area contributed by atoms with Crippen LogP contribution in [0.5, 0.6) is 11.5 Å². The molecule has 2 aromatic rings. The van der Waals surface area contributed by atoms with Gasteiger partial charge < -0.3 is 15.9 Å². The average molecular weight is 287 g/mol. The first-order valence-corrected chi connectivity index (χ1v) is 6.19. The van der Waals surface area contributed by atoms with E-state index in [0.717, 1.165) is 11.1 Å². The third-order valence-corrected chi connectivity index (χ3v) is 2.65. The van der Waals surface area contributed by atoms with Gasteiger partial charge in [0.2, 0.25) is 0 Å². The second-order valence-corrected chi connectivity index (χ2v) is 4.47. The summed E-state index contributed by atoms with van der Waals surface area (Å²) in [6.07, 6.45) is 0. The van der Waals surface area contributed by atoms with Crippen LogP contribution in [0.1, 0.15) is 11.1 Å². The number of benzene rings is 2. The van der Waals surface area contributed by atoms with Crippen LogP contribution in [-0.4, -0.2) is 21.0 Å². The zero-order chi connectivity index (χ0) is 14.5. The van der Waals surface area contributed by atoms with Crippen LogP contribution in [0.4, 0.5) is 0 Å². The molecular weight excluding hydrogens is 274 g/mol. The number of phenolic OH excluding ortho intramolecular Hbond substituents is 2. The SMILES string of the molecule is NC(=S)NN=C(c1ccc(O)cc1)c1ccc(O)cc1. The van der Waals surface area contributed by atoms with E-state index in [0.29, 0.717) is 5.71 Å². The van der Waals surface area contributed by atoms with Crippen molar-refractivity contribution in [2.24, 2.45) is 10.8 Å². The van der Waals surface area contributed by atoms with Gasteiger partial charge in [-0.25, -0.2) is 0 Å². The van der Waals surface area contributed by atoms with E-state index in [-0.39, 0.29) is 16.6 Å². The second-order valence-electron chi connectivity index (χ2n) is 4.03. The molecule has 0 bridgehead atoms. The van der Waals surface area contributed by atoms with E-state index >= 15 is 0 Å². The number of hydrazone groups is 1. The molecule has 5 nitrogen and oxygen atoms in total. The molecule has 20 heavy (non-hydrogen) atoms. The third kappa shape index (κ3) is 3.46. The van der Waals surface area contributed by atoms with Crippen molar-refractivity contribution in [2.45, 2.75) is 0 Å². The molecule has 0 aliphatic heterocycles. The molecular formula is C14H13N3O2S. The van der Waals surface area contributed by atoms with Crippen LogP contribution in [0.25, 0.3) is 0 Å². The molecule has 5 N–H and O–H groups in total. The first-order chi connectivity index (χ1) is 9.56. The summed E-state index contributed by atoms with van der Waals surface area (Å²) < 4.78 is 0. The second kappa shape index (κ2) is 6.03. The first kappa shape index (κ1) is 13.8. The van der Waals surface area contributed by atoms with Crippen molar-refractivity contribution in [3.8, 4) is 11.5 Å². The highest BCUT2D eigenvalue weighted by molar-refractivity contribution is 7.80. The lowest BCUT2D eigenvalue weighted by atomic mass is 10.0. The predicted octanol–water partition coefficient (Wildman–Crippen LogP) is 1.68. The number of nitrogens with one attached hydrogen (secondary N) is 1. The summed E-state index contributed by atoms with van der Waals surface area (Å²) >= 11 is 4.73. The van der Waals surface area contributed by atoms with Gasteiger partial charge in [0.15, 0.2) is 5.11 Å². The summed E-state index contributed by atoms with van der Waals surface area (Å²) in [5, 5.41) is 22.9. The van der Waals surface area contributed by atoms with E-state index in [2.05, 4.69) is 10.5 Å². The van der Waals surface area contributed by atoms with Crippen molar-refractivity contribution in [1.82, 2.24) is 5.43 Å². The summed E-state index contributed by atoms with van der Waals surface area (Å²) in [4.78, 5) is 0. The van der Waals surface area contributed by atoms with Crippen LogP contribution in [0, 0.1) is 0 Å². The fraction of sp³-hybridized carbons (Fsp3) is 0. The van der Waals surface area contributed by atoms with Crippen molar-refractivity contribution < 1.29 is 10.2 Å². The van der Waals surface area contributed by atoms with Crippen LogP contribution >= 0.6 is 12.2 Å². The summed E-state index contributed by atoms with van der Waals surface area (Å²) in [6.45, 7) is 0. The van der Waals surface area contributed by atoms with E-state index in [1.807, 2.05) is 0 Å². The molecule has 0 atom stereocenters. The van der Waals surface area contributed by atoms with E-state index in [1.165, 1.54) is 0 Å². The highest BCUT2D eigenvalue weighted by Crippen LogP contribution is 2.17. The Bertz CT molecular complexity index is 589. The van der Waals surface area contributed by atoms with Crippen molar-refractivity contribution >= 4 is 23.0 Å². The normalized spacial score (nSPS) is 9.80.